The zero-order valence-electron chi connectivity index (χ0n) is 15.1. The molecule has 0 spiro atoms. The molecule has 1 aromatic heterocycles. The third kappa shape index (κ3) is 5.97. The van der Waals surface area contributed by atoms with E-state index >= 15 is 0 Å². The van der Waals surface area contributed by atoms with Crippen LogP contribution in [0.15, 0.2) is 55.9 Å². The molecule has 0 saturated carbocycles. The zero-order valence-corrected chi connectivity index (χ0v) is 17.5. The van der Waals surface area contributed by atoms with E-state index in [1.807, 2.05) is 36.5 Å². The monoisotopic (exact) mass is 447 g/mol. The zero-order chi connectivity index (χ0) is 19.1. The van der Waals surface area contributed by atoms with Crippen molar-refractivity contribution >= 4 is 38.8 Å². The fourth-order valence-corrected chi connectivity index (χ4v) is 3.83. The Morgan fingerprint density at radius 2 is 1.81 bits per heavy atom. The molecule has 2 aromatic rings. The van der Waals surface area contributed by atoms with E-state index in [1.54, 1.807) is 0 Å². The summed E-state index contributed by atoms with van der Waals surface area (Å²) < 4.78 is 20.8. The van der Waals surface area contributed by atoms with E-state index in [1.165, 1.54) is 5.56 Å². The Bertz CT molecular complexity index is 870. The van der Waals surface area contributed by atoms with Gasteiger partial charge in [0.25, 0.3) is 11.2 Å². The molecule has 0 radical (unpaired) electrons. The molecule has 2 N–H and O–H groups in total. The number of nitrogens with one attached hydrogen (secondary N) is 2. The van der Waals surface area contributed by atoms with Gasteiger partial charge in [-0.15, -0.1) is 8.80 Å². The standard InChI is InChI=1S/C19H22BrN5OS/c1-14-11-16(20)13-22-17(14)9-5-6-10-21-18-19(25-27(26)24-18)23-12-15-7-3-2-4-8-15/h2-4,7-8,11,13H,5-6,9-10,12H2,1H3,(H,21,24)(H,23,25). The largest absolute Gasteiger partial charge is 0.366 e. The van der Waals surface area contributed by atoms with Gasteiger partial charge in [0.05, 0.1) is 0 Å². The van der Waals surface area contributed by atoms with Gasteiger partial charge < -0.3 is 10.6 Å². The SMILES string of the molecule is Cc1cc(Br)cnc1CCCCNC1=NS(=O)N=C1NCc1ccccc1. The van der Waals surface area contributed by atoms with Crippen molar-refractivity contribution in [1.29, 1.82) is 0 Å². The van der Waals surface area contributed by atoms with Crippen LogP contribution >= 0.6 is 15.9 Å². The Morgan fingerprint density at radius 1 is 1.07 bits per heavy atom. The van der Waals surface area contributed by atoms with E-state index in [9.17, 15) is 4.21 Å². The lowest BCUT2D eigenvalue weighted by molar-refractivity contribution is 0.685. The maximum Gasteiger partial charge on any atom is 0.269 e. The van der Waals surface area contributed by atoms with Crippen molar-refractivity contribution in [3.05, 3.63) is 63.9 Å². The number of unbranched alkanes of at least 4 members (excludes halogenated alkanes) is 1. The highest BCUT2D eigenvalue weighted by Crippen LogP contribution is 2.14. The minimum atomic E-state index is -1.55. The summed E-state index contributed by atoms with van der Waals surface area (Å²) in [6.07, 6.45) is 4.76. The van der Waals surface area contributed by atoms with E-state index in [0.717, 1.165) is 41.5 Å². The number of halogens is 1. The summed E-state index contributed by atoms with van der Waals surface area (Å²) in [5.74, 6) is 1.13. The van der Waals surface area contributed by atoms with Gasteiger partial charge in [0.2, 0.25) is 0 Å². The summed E-state index contributed by atoms with van der Waals surface area (Å²) >= 11 is 1.89. The molecular weight excluding hydrogens is 426 g/mol. The summed E-state index contributed by atoms with van der Waals surface area (Å²) in [6, 6.07) is 12.1. The molecule has 0 bridgehead atoms. The Balaban J connectivity index is 1.42. The maximum atomic E-state index is 11.7. The number of hydrogen-bond donors (Lipinski definition) is 2. The number of nitrogens with zero attached hydrogens (tertiary/aromatic N) is 3. The molecule has 27 heavy (non-hydrogen) atoms. The van der Waals surface area contributed by atoms with Gasteiger partial charge in [-0.1, -0.05) is 30.3 Å². The van der Waals surface area contributed by atoms with Crippen LogP contribution in [0, 0.1) is 6.92 Å². The lowest BCUT2D eigenvalue weighted by atomic mass is 10.1. The predicted molar refractivity (Wildman–Crippen MR) is 114 cm³/mol. The normalized spacial score (nSPS) is 16.0. The van der Waals surface area contributed by atoms with Crippen molar-refractivity contribution in [2.24, 2.45) is 8.80 Å². The second kappa shape index (κ2) is 9.75. The van der Waals surface area contributed by atoms with Crippen molar-refractivity contribution in [2.45, 2.75) is 32.7 Å². The van der Waals surface area contributed by atoms with Crippen LogP contribution in [0.25, 0.3) is 0 Å². The van der Waals surface area contributed by atoms with Gasteiger partial charge in [0, 0.05) is 29.5 Å². The Hall–Kier alpha value is -2.06. The molecule has 1 unspecified atom stereocenters. The number of hydrogen-bond acceptors (Lipinski definition) is 4. The molecule has 1 aliphatic rings. The fraction of sp³-hybridized carbons (Fsp3) is 0.316. The van der Waals surface area contributed by atoms with Crippen molar-refractivity contribution in [3.8, 4) is 0 Å². The van der Waals surface area contributed by atoms with Crippen molar-refractivity contribution < 1.29 is 4.21 Å². The van der Waals surface area contributed by atoms with Crippen LogP contribution in [0.5, 0.6) is 0 Å². The molecule has 3 rings (SSSR count). The smallest absolute Gasteiger partial charge is 0.269 e. The molecule has 142 valence electrons. The van der Waals surface area contributed by atoms with Crippen LogP contribution in [0.3, 0.4) is 0 Å². The van der Waals surface area contributed by atoms with Crippen LogP contribution in [0.1, 0.15) is 29.7 Å². The summed E-state index contributed by atoms with van der Waals surface area (Å²) in [7, 11) is 0. The molecule has 0 amide bonds. The first-order chi connectivity index (χ1) is 13.1. The van der Waals surface area contributed by atoms with Gasteiger partial charge in [0.1, 0.15) is 0 Å². The van der Waals surface area contributed by atoms with Gasteiger partial charge in [-0.25, -0.2) is 4.21 Å². The van der Waals surface area contributed by atoms with Gasteiger partial charge >= 0.3 is 0 Å². The Morgan fingerprint density at radius 3 is 2.56 bits per heavy atom. The van der Waals surface area contributed by atoms with Gasteiger partial charge in [0.15, 0.2) is 11.7 Å². The summed E-state index contributed by atoms with van der Waals surface area (Å²) in [5, 5.41) is 6.45. The minimum absolute atomic E-state index is 0.558. The van der Waals surface area contributed by atoms with Crippen molar-refractivity contribution in [3.63, 3.8) is 0 Å². The van der Waals surface area contributed by atoms with E-state index < -0.39 is 11.2 Å². The van der Waals surface area contributed by atoms with Crippen molar-refractivity contribution in [1.82, 2.24) is 15.6 Å². The number of aromatic nitrogens is 1. The van der Waals surface area contributed by atoms with Gasteiger partial charge in [-0.2, -0.15) is 0 Å². The molecule has 0 aliphatic carbocycles. The number of amidine groups is 2. The van der Waals surface area contributed by atoms with E-state index in [-0.39, 0.29) is 0 Å². The highest BCUT2D eigenvalue weighted by atomic mass is 79.9. The lowest BCUT2D eigenvalue weighted by Crippen LogP contribution is -2.38. The van der Waals surface area contributed by atoms with Gasteiger partial charge in [-0.3, -0.25) is 4.98 Å². The summed E-state index contributed by atoms with van der Waals surface area (Å²) in [6.45, 7) is 3.44. The van der Waals surface area contributed by atoms with E-state index in [0.29, 0.717) is 18.2 Å². The van der Waals surface area contributed by atoms with Crippen LogP contribution in [-0.2, 0) is 24.1 Å². The third-order valence-corrected chi connectivity index (χ3v) is 5.26. The van der Waals surface area contributed by atoms with Crippen LogP contribution in [0.4, 0.5) is 0 Å². The second-order valence-electron chi connectivity index (χ2n) is 6.25. The molecule has 0 fully saturated rings. The summed E-state index contributed by atoms with van der Waals surface area (Å²) in [4.78, 5) is 4.47. The van der Waals surface area contributed by atoms with Crippen LogP contribution < -0.4 is 10.6 Å². The molecule has 1 aromatic carbocycles. The minimum Gasteiger partial charge on any atom is -0.366 e. The average molecular weight is 448 g/mol. The molecule has 0 saturated heterocycles. The topological polar surface area (TPSA) is 78.7 Å². The first-order valence-electron chi connectivity index (χ1n) is 8.84. The molecule has 2 heterocycles. The number of aryl methyl sites for hydroxylation is 2. The highest BCUT2D eigenvalue weighted by molar-refractivity contribution is 9.10. The predicted octanol–water partition coefficient (Wildman–Crippen LogP) is 3.24. The van der Waals surface area contributed by atoms with E-state index in [4.69, 9.17) is 0 Å². The van der Waals surface area contributed by atoms with Crippen LogP contribution in [0.2, 0.25) is 0 Å². The molecule has 1 atom stereocenters. The maximum absolute atomic E-state index is 11.7. The first-order valence-corrected chi connectivity index (χ1v) is 10.7. The Labute approximate surface area is 170 Å². The summed E-state index contributed by atoms with van der Waals surface area (Å²) in [5.41, 5.74) is 3.46. The lowest BCUT2D eigenvalue weighted by Gasteiger charge is -2.10. The Kier molecular flexibility index (Phi) is 7.11. The molecule has 8 heteroatoms. The van der Waals surface area contributed by atoms with Gasteiger partial charge in [-0.05, 0) is 59.3 Å². The third-order valence-electron chi connectivity index (χ3n) is 4.15. The number of rotatable bonds is 7. The van der Waals surface area contributed by atoms with Crippen LogP contribution in [-0.4, -0.2) is 27.4 Å². The molecular formula is C19H22BrN5OS. The number of benzene rings is 1. The number of pyridine rings is 1. The fourth-order valence-electron chi connectivity index (χ4n) is 2.73. The van der Waals surface area contributed by atoms with E-state index in [2.05, 4.69) is 53.3 Å². The second-order valence-corrected chi connectivity index (χ2v) is 7.99. The molecule has 6 nitrogen and oxygen atoms in total. The average Bonchev–Trinajstić information content (AvgIpc) is 3.02. The highest BCUT2D eigenvalue weighted by Gasteiger charge is 2.18. The quantitative estimate of drug-likeness (QED) is 0.638. The van der Waals surface area contributed by atoms with Crippen molar-refractivity contribution in [2.75, 3.05) is 6.54 Å². The molecule has 1 aliphatic heterocycles. The first kappa shape index (κ1) is 19.7.